The molecule has 0 N–H and O–H groups in total. The summed E-state index contributed by atoms with van der Waals surface area (Å²) in [5.41, 5.74) is 0.999. The summed E-state index contributed by atoms with van der Waals surface area (Å²) < 4.78 is 5.66. The highest BCUT2D eigenvalue weighted by Gasteiger charge is 2.60. The van der Waals surface area contributed by atoms with Crippen molar-refractivity contribution in [3.8, 4) is 0 Å². The molecule has 4 aliphatic carbocycles. The van der Waals surface area contributed by atoms with E-state index in [4.69, 9.17) is 4.74 Å². The number of esters is 1. The van der Waals surface area contributed by atoms with Crippen LogP contribution in [0.5, 0.6) is 0 Å². The van der Waals surface area contributed by atoms with E-state index >= 15 is 0 Å². The molecule has 0 unspecified atom stereocenters. The van der Waals surface area contributed by atoms with E-state index in [0.717, 1.165) is 54.3 Å². The van der Waals surface area contributed by atoms with Gasteiger partial charge in [-0.25, -0.2) is 0 Å². The van der Waals surface area contributed by atoms with Crippen LogP contribution in [0.15, 0.2) is 12.2 Å². The average molecular weight is 457 g/mol. The molecule has 10 atom stereocenters. The van der Waals surface area contributed by atoms with E-state index in [1.54, 1.807) is 6.92 Å². The zero-order valence-electron chi connectivity index (χ0n) is 22.7. The van der Waals surface area contributed by atoms with E-state index in [0.29, 0.717) is 16.7 Å². The summed E-state index contributed by atoms with van der Waals surface area (Å²) in [6.45, 7) is 16.5. The van der Waals surface area contributed by atoms with Gasteiger partial charge >= 0.3 is 5.97 Å². The molecule has 0 aromatic heterocycles. The Balaban J connectivity index is 1.46. The second-order valence-corrected chi connectivity index (χ2v) is 13.5. The zero-order chi connectivity index (χ0) is 24.0. The Bertz CT molecular complexity index is 724. The molecule has 4 aliphatic rings. The first-order valence-corrected chi connectivity index (χ1v) is 14.5. The Morgan fingerprint density at radius 1 is 0.939 bits per heavy atom. The first kappa shape index (κ1) is 25.3. The summed E-state index contributed by atoms with van der Waals surface area (Å²) in [7, 11) is 0. The monoisotopic (exact) mass is 456 g/mol. The molecule has 0 radical (unpaired) electrons. The maximum absolute atomic E-state index is 11.5. The van der Waals surface area contributed by atoms with Crippen LogP contribution in [0.3, 0.4) is 0 Å². The summed E-state index contributed by atoms with van der Waals surface area (Å²) >= 11 is 0. The number of hydrogen-bond donors (Lipinski definition) is 0. The predicted molar refractivity (Wildman–Crippen MR) is 138 cm³/mol. The molecule has 0 aromatic rings. The highest BCUT2D eigenvalue weighted by atomic mass is 16.5. The molecule has 188 valence electrons. The van der Waals surface area contributed by atoms with Gasteiger partial charge in [-0.15, -0.1) is 0 Å². The van der Waals surface area contributed by atoms with Gasteiger partial charge in [0.15, 0.2) is 0 Å². The SMILES string of the molecule is CC[C@H](/C=C\[C@@H](C)[C@H]1CC[C@H]2[C@@H]3CC[C@H]4C[C@@H](OC(C)=O)CC[C@]4(C)[C@H]3CC[C@]12C)C(C)C. The van der Waals surface area contributed by atoms with Crippen molar-refractivity contribution < 1.29 is 9.53 Å². The highest BCUT2D eigenvalue weighted by molar-refractivity contribution is 5.66. The molecule has 4 saturated carbocycles. The zero-order valence-corrected chi connectivity index (χ0v) is 22.7. The number of fused-ring (bicyclic) bond motifs is 5. The number of hydrogen-bond acceptors (Lipinski definition) is 2. The molecule has 0 heterocycles. The van der Waals surface area contributed by atoms with Crippen LogP contribution in [0.4, 0.5) is 0 Å². The normalized spacial score (nSPS) is 44.7. The molecular formula is C31H52O2. The van der Waals surface area contributed by atoms with Gasteiger partial charge in [-0.2, -0.15) is 0 Å². The molecule has 0 aromatic carbocycles. The van der Waals surface area contributed by atoms with Crippen molar-refractivity contribution in [3.05, 3.63) is 12.2 Å². The topological polar surface area (TPSA) is 26.3 Å². The second kappa shape index (κ2) is 9.69. The lowest BCUT2D eigenvalue weighted by Gasteiger charge is -2.61. The first-order valence-electron chi connectivity index (χ1n) is 14.5. The molecule has 4 rings (SSSR count). The molecule has 0 aliphatic heterocycles. The minimum atomic E-state index is -0.0930. The fraction of sp³-hybridized carbons (Fsp3) is 0.903. The number of carbonyl (C=O) groups is 1. The Labute approximate surface area is 204 Å². The molecule has 33 heavy (non-hydrogen) atoms. The van der Waals surface area contributed by atoms with Crippen molar-refractivity contribution >= 4 is 5.97 Å². The first-order chi connectivity index (χ1) is 15.6. The van der Waals surface area contributed by atoms with Gasteiger partial charge in [0, 0.05) is 6.92 Å². The molecule has 0 spiro atoms. The third-order valence-electron chi connectivity index (χ3n) is 11.6. The van der Waals surface area contributed by atoms with Crippen LogP contribution in [0.25, 0.3) is 0 Å². The van der Waals surface area contributed by atoms with Crippen LogP contribution in [0, 0.1) is 58.2 Å². The fourth-order valence-corrected chi connectivity index (χ4v) is 9.75. The lowest BCUT2D eigenvalue weighted by Crippen LogP contribution is -2.54. The molecule has 0 saturated heterocycles. The van der Waals surface area contributed by atoms with Gasteiger partial charge in [0.1, 0.15) is 6.10 Å². The van der Waals surface area contributed by atoms with Gasteiger partial charge in [0.05, 0.1) is 0 Å². The van der Waals surface area contributed by atoms with Gasteiger partial charge < -0.3 is 4.74 Å². The highest BCUT2D eigenvalue weighted by Crippen LogP contribution is 2.68. The van der Waals surface area contributed by atoms with Crippen molar-refractivity contribution in [3.63, 3.8) is 0 Å². The number of rotatable bonds is 6. The van der Waals surface area contributed by atoms with E-state index in [1.165, 1.54) is 51.4 Å². The summed E-state index contributed by atoms with van der Waals surface area (Å²) in [5.74, 6) is 6.43. The Kier molecular flexibility index (Phi) is 7.43. The second-order valence-electron chi connectivity index (χ2n) is 13.5. The van der Waals surface area contributed by atoms with Crippen molar-refractivity contribution in [1.29, 1.82) is 0 Å². The van der Waals surface area contributed by atoms with Gasteiger partial charge in [-0.05, 0) is 122 Å². The van der Waals surface area contributed by atoms with Gasteiger partial charge in [-0.3, -0.25) is 4.79 Å². The van der Waals surface area contributed by atoms with Crippen LogP contribution in [0.2, 0.25) is 0 Å². The maximum atomic E-state index is 11.5. The third-order valence-corrected chi connectivity index (χ3v) is 11.6. The van der Waals surface area contributed by atoms with Crippen molar-refractivity contribution in [1.82, 2.24) is 0 Å². The van der Waals surface area contributed by atoms with E-state index in [1.807, 2.05) is 0 Å². The summed E-state index contributed by atoms with van der Waals surface area (Å²) in [5, 5.41) is 0. The van der Waals surface area contributed by atoms with Crippen LogP contribution >= 0.6 is 0 Å². The fourth-order valence-electron chi connectivity index (χ4n) is 9.75. The lowest BCUT2D eigenvalue weighted by atomic mass is 9.44. The van der Waals surface area contributed by atoms with Crippen molar-refractivity contribution in [2.75, 3.05) is 0 Å². The van der Waals surface area contributed by atoms with Crippen LogP contribution in [-0.2, 0) is 9.53 Å². The number of carbonyl (C=O) groups excluding carboxylic acids is 1. The summed E-state index contributed by atoms with van der Waals surface area (Å²) in [6.07, 6.45) is 18.6. The van der Waals surface area contributed by atoms with E-state index < -0.39 is 0 Å². The molecular weight excluding hydrogens is 404 g/mol. The summed E-state index contributed by atoms with van der Waals surface area (Å²) in [4.78, 5) is 11.5. The number of ether oxygens (including phenoxy) is 1. The van der Waals surface area contributed by atoms with Gasteiger partial charge in [0.25, 0.3) is 0 Å². The maximum Gasteiger partial charge on any atom is 0.302 e. The lowest BCUT2D eigenvalue weighted by molar-refractivity contribution is -0.160. The molecule has 0 bridgehead atoms. The molecule has 4 fully saturated rings. The average Bonchev–Trinajstić information content (AvgIpc) is 3.11. The van der Waals surface area contributed by atoms with Crippen LogP contribution < -0.4 is 0 Å². The predicted octanol–water partition coefficient (Wildman–Crippen LogP) is 8.45. The minimum Gasteiger partial charge on any atom is -0.463 e. The smallest absolute Gasteiger partial charge is 0.302 e. The van der Waals surface area contributed by atoms with Crippen molar-refractivity contribution in [2.24, 2.45) is 58.2 Å². The minimum absolute atomic E-state index is 0.0930. The molecule has 0 amide bonds. The van der Waals surface area contributed by atoms with E-state index in [9.17, 15) is 4.79 Å². The summed E-state index contributed by atoms with van der Waals surface area (Å²) in [6, 6.07) is 0. The number of allylic oxidation sites excluding steroid dienone is 2. The third kappa shape index (κ3) is 4.58. The van der Waals surface area contributed by atoms with Gasteiger partial charge in [-0.1, -0.05) is 53.7 Å². The van der Waals surface area contributed by atoms with Crippen molar-refractivity contribution in [2.45, 2.75) is 119 Å². The quantitative estimate of drug-likeness (QED) is 0.296. The van der Waals surface area contributed by atoms with Gasteiger partial charge in [0.2, 0.25) is 0 Å². The van der Waals surface area contributed by atoms with Crippen LogP contribution in [-0.4, -0.2) is 12.1 Å². The standard InChI is InChI=1S/C31H52O2/c1-8-23(20(2)3)10-9-21(4)27-13-14-28-26-12-11-24-19-25(33-22(5)32)15-17-30(24,6)29(26)16-18-31(27,28)7/h9-10,20-21,23-29H,8,11-19H2,1-7H3/b10-9-/t21-,23-,24+,25+,26+,27-,28+,29+,30+,31-/m1/s1. The Hall–Kier alpha value is -0.790. The Morgan fingerprint density at radius 2 is 1.64 bits per heavy atom. The largest absolute Gasteiger partial charge is 0.463 e. The van der Waals surface area contributed by atoms with E-state index in [-0.39, 0.29) is 12.1 Å². The molecule has 2 heteroatoms. The Morgan fingerprint density at radius 3 is 2.30 bits per heavy atom. The molecule has 2 nitrogen and oxygen atoms in total. The van der Waals surface area contributed by atoms with Crippen LogP contribution in [0.1, 0.15) is 113 Å². The van der Waals surface area contributed by atoms with E-state index in [2.05, 4.69) is 53.7 Å².